The van der Waals surface area contributed by atoms with Crippen molar-refractivity contribution in [3.05, 3.63) is 64.7 Å². The Morgan fingerprint density at radius 1 is 1.11 bits per heavy atom. The summed E-state index contributed by atoms with van der Waals surface area (Å²) in [4.78, 5) is 23.5. The predicted molar refractivity (Wildman–Crippen MR) is 99.4 cm³/mol. The lowest BCUT2D eigenvalue weighted by molar-refractivity contribution is 0.0693. The molecule has 27 heavy (non-hydrogen) atoms. The molecule has 0 spiro atoms. The van der Waals surface area contributed by atoms with Crippen LogP contribution in [0.15, 0.2) is 42.5 Å². The summed E-state index contributed by atoms with van der Waals surface area (Å²) in [5, 5.41) is 43.8. The molecule has 142 valence electrons. The monoisotopic (exact) mass is 372 g/mol. The molecule has 0 saturated carbocycles. The van der Waals surface area contributed by atoms with E-state index >= 15 is 0 Å². The zero-order chi connectivity index (χ0) is 20.0. The average Bonchev–Trinajstić information content (AvgIpc) is 2.63. The van der Waals surface area contributed by atoms with Crippen LogP contribution in [0.4, 0.5) is 0 Å². The third kappa shape index (κ3) is 5.30. The predicted octanol–water partition coefficient (Wildman–Crippen LogP) is 0.163. The van der Waals surface area contributed by atoms with Gasteiger partial charge in [-0.15, -0.1) is 0 Å². The number of phenols is 1. The van der Waals surface area contributed by atoms with E-state index in [4.69, 9.17) is 5.11 Å². The Labute approximate surface area is 156 Å². The van der Waals surface area contributed by atoms with Crippen molar-refractivity contribution in [1.82, 2.24) is 10.6 Å². The Hall–Kier alpha value is -2.88. The van der Waals surface area contributed by atoms with E-state index < -0.39 is 30.7 Å². The Morgan fingerprint density at radius 3 is 2.33 bits per heavy atom. The molecule has 1 amide bonds. The largest absolute Gasteiger partial charge is 0.507 e. The number of carboxylic acid groups (broad SMARTS) is 1. The highest BCUT2D eigenvalue weighted by Crippen LogP contribution is 2.24. The molecule has 0 aromatic heterocycles. The van der Waals surface area contributed by atoms with Gasteiger partial charge >= 0.3 is 13.1 Å². The van der Waals surface area contributed by atoms with Crippen molar-refractivity contribution in [3.63, 3.8) is 0 Å². The zero-order valence-electron chi connectivity index (χ0n) is 14.7. The number of hydrogen-bond acceptors (Lipinski definition) is 6. The van der Waals surface area contributed by atoms with Gasteiger partial charge < -0.3 is 30.9 Å². The fraction of sp³-hybridized carbons (Fsp3) is 0.222. The number of aromatic carboxylic acids is 1. The van der Waals surface area contributed by atoms with Crippen LogP contribution in [0.2, 0.25) is 0 Å². The first kappa shape index (κ1) is 20.4. The summed E-state index contributed by atoms with van der Waals surface area (Å²) < 4.78 is 0. The van der Waals surface area contributed by atoms with Crippen LogP contribution in [-0.4, -0.2) is 52.2 Å². The summed E-state index contributed by atoms with van der Waals surface area (Å²) in [6.45, 7) is 0.652. The van der Waals surface area contributed by atoms with E-state index in [1.165, 1.54) is 18.2 Å². The number of amides is 1. The molecular formula is C18H21BN2O6. The maximum Gasteiger partial charge on any atom is 0.475 e. The molecule has 0 aliphatic carbocycles. The third-order valence-corrected chi connectivity index (χ3v) is 4.06. The van der Waals surface area contributed by atoms with Gasteiger partial charge in [0.05, 0.1) is 5.94 Å². The SMILES string of the molecule is CNCc1ccc(C(=O)NC(Cc2cccc(C(=O)O)c2O)B(O)O)cc1. The van der Waals surface area contributed by atoms with Crippen molar-refractivity contribution in [3.8, 4) is 5.75 Å². The number of benzene rings is 2. The van der Waals surface area contributed by atoms with Crippen molar-refractivity contribution in [2.75, 3.05) is 7.05 Å². The number of rotatable bonds is 8. The number of carbonyl (C=O) groups excluding carboxylic acids is 1. The number of para-hydroxylation sites is 1. The van der Waals surface area contributed by atoms with Gasteiger partial charge in [0.25, 0.3) is 5.91 Å². The second-order valence-corrected chi connectivity index (χ2v) is 6.04. The summed E-state index contributed by atoms with van der Waals surface area (Å²) in [6.07, 6.45) is -0.159. The maximum absolute atomic E-state index is 12.4. The fourth-order valence-corrected chi connectivity index (χ4v) is 2.63. The summed E-state index contributed by atoms with van der Waals surface area (Å²) in [5.74, 6) is -3.43. The lowest BCUT2D eigenvalue weighted by Crippen LogP contribution is -2.47. The highest BCUT2D eigenvalue weighted by Gasteiger charge is 2.28. The number of carboxylic acids is 1. The van der Waals surface area contributed by atoms with Crippen molar-refractivity contribution < 1.29 is 29.9 Å². The molecule has 2 aromatic carbocycles. The molecule has 0 radical (unpaired) electrons. The van der Waals surface area contributed by atoms with Crippen LogP contribution >= 0.6 is 0 Å². The maximum atomic E-state index is 12.4. The van der Waals surface area contributed by atoms with E-state index in [1.807, 2.05) is 7.05 Å². The molecule has 1 unspecified atom stereocenters. The van der Waals surface area contributed by atoms with Crippen LogP contribution in [-0.2, 0) is 13.0 Å². The minimum absolute atomic E-state index is 0.159. The molecule has 0 aliphatic rings. The molecule has 0 saturated heterocycles. The number of hydrogen-bond donors (Lipinski definition) is 6. The number of nitrogens with one attached hydrogen (secondary N) is 2. The number of aromatic hydroxyl groups is 1. The first-order chi connectivity index (χ1) is 12.8. The smallest absolute Gasteiger partial charge is 0.475 e. The summed E-state index contributed by atoms with van der Waals surface area (Å²) >= 11 is 0. The van der Waals surface area contributed by atoms with Gasteiger partial charge in [-0.25, -0.2) is 4.79 Å². The molecular weight excluding hydrogens is 351 g/mol. The lowest BCUT2D eigenvalue weighted by atomic mass is 9.75. The molecule has 0 bridgehead atoms. The fourth-order valence-electron chi connectivity index (χ4n) is 2.63. The van der Waals surface area contributed by atoms with Crippen molar-refractivity contribution >= 4 is 19.0 Å². The van der Waals surface area contributed by atoms with Crippen LogP contribution in [0.3, 0.4) is 0 Å². The van der Waals surface area contributed by atoms with E-state index in [9.17, 15) is 24.7 Å². The molecule has 2 rings (SSSR count). The highest BCUT2D eigenvalue weighted by atomic mass is 16.4. The Morgan fingerprint density at radius 2 is 1.78 bits per heavy atom. The van der Waals surface area contributed by atoms with Gasteiger partial charge in [-0.3, -0.25) is 4.79 Å². The zero-order valence-corrected chi connectivity index (χ0v) is 14.7. The molecule has 2 aromatic rings. The second kappa shape index (κ2) is 9.18. The molecule has 9 heteroatoms. The van der Waals surface area contributed by atoms with Crippen molar-refractivity contribution in [1.29, 1.82) is 0 Å². The van der Waals surface area contributed by atoms with Gasteiger partial charge in [-0.1, -0.05) is 24.3 Å². The van der Waals surface area contributed by atoms with Gasteiger partial charge in [0.2, 0.25) is 0 Å². The van der Waals surface area contributed by atoms with Gasteiger partial charge in [0.1, 0.15) is 11.3 Å². The topological polar surface area (TPSA) is 139 Å². The molecule has 0 aliphatic heterocycles. The van der Waals surface area contributed by atoms with Crippen LogP contribution in [0.5, 0.6) is 5.75 Å². The van der Waals surface area contributed by atoms with Gasteiger partial charge in [0.15, 0.2) is 0 Å². The molecule has 0 heterocycles. The summed E-state index contributed by atoms with van der Waals surface area (Å²) in [6, 6.07) is 10.9. The second-order valence-electron chi connectivity index (χ2n) is 6.04. The minimum Gasteiger partial charge on any atom is -0.507 e. The molecule has 6 N–H and O–H groups in total. The van der Waals surface area contributed by atoms with Gasteiger partial charge in [-0.2, -0.15) is 0 Å². The number of carbonyl (C=O) groups is 2. The summed E-state index contributed by atoms with van der Waals surface area (Å²) in [7, 11) is -0.0896. The standard InChI is InChI=1S/C18H21BN2O6/c1-20-10-11-5-7-12(8-6-11)17(23)21-15(19(26)27)9-13-3-2-4-14(16(13)22)18(24)25/h2-8,15,20,22,26-27H,9-10H2,1H3,(H,21,23)(H,24,25). The highest BCUT2D eigenvalue weighted by molar-refractivity contribution is 6.43. The van der Waals surface area contributed by atoms with E-state index in [-0.39, 0.29) is 17.5 Å². The van der Waals surface area contributed by atoms with Crippen LogP contribution in [0.1, 0.15) is 31.8 Å². The average molecular weight is 372 g/mol. The van der Waals surface area contributed by atoms with E-state index in [2.05, 4.69) is 10.6 Å². The Kier molecular flexibility index (Phi) is 6.94. The van der Waals surface area contributed by atoms with Gasteiger partial charge in [0, 0.05) is 12.1 Å². The van der Waals surface area contributed by atoms with Gasteiger partial charge in [-0.05, 0) is 42.8 Å². The van der Waals surface area contributed by atoms with Crippen molar-refractivity contribution in [2.24, 2.45) is 0 Å². The molecule has 1 atom stereocenters. The normalized spacial score (nSPS) is 11.7. The Bertz CT molecular complexity index is 810. The van der Waals surface area contributed by atoms with E-state index in [0.29, 0.717) is 12.1 Å². The van der Waals surface area contributed by atoms with Crippen LogP contribution < -0.4 is 10.6 Å². The van der Waals surface area contributed by atoms with Crippen molar-refractivity contribution in [2.45, 2.75) is 18.9 Å². The van der Waals surface area contributed by atoms with Crippen LogP contribution in [0, 0.1) is 0 Å². The quantitative estimate of drug-likeness (QED) is 0.363. The van der Waals surface area contributed by atoms with Crippen LogP contribution in [0.25, 0.3) is 0 Å². The third-order valence-electron chi connectivity index (χ3n) is 4.06. The lowest BCUT2D eigenvalue weighted by Gasteiger charge is -2.19. The first-order valence-corrected chi connectivity index (χ1v) is 8.28. The molecule has 0 fully saturated rings. The summed E-state index contributed by atoms with van der Waals surface area (Å²) in [5.41, 5.74) is 1.20. The first-order valence-electron chi connectivity index (χ1n) is 8.28. The van der Waals surface area contributed by atoms with E-state index in [1.54, 1.807) is 24.3 Å². The van der Waals surface area contributed by atoms with E-state index in [0.717, 1.165) is 5.56 Å². The Balaban J connectivity index is 2.15. The minimum atomic E-state index is -1.90. The molecule has 8 nitrogen and oxygen atoms in total.